The van der Waals surface area contributed by atoms with E-state index in [1.807, 2.05) is 0 Å². The van der Waals surface area contributed by atoms with E-state index in [1.54, 1.807) is 28.6 Å². The SMILES string of the molecule is CC(Oc1ccc(F)cc1)C(=O)N1CCC(n2nc(C(C)(C)C)ccc2=O)CC1. The fourth-order valence-corrected chi connectivity index (χ4v) is 3.44. The van der Waals surface area contributed by atoms with Crippen molar-refractivity contribution >= 4 is 5.91 Å². The van der Waals surface area contributed by atoms with Gasteiger partial charge in [0, 0.05) is 24.6 Å². The maximum atomic E-state index is 13.0. The van der Waals surface area contributed by atoms with Crippen molar-refractivity contribution < 1.29 is 13.9 Å². The second kappa shape index (κ2) is 8.35. The van der Waals surface area contributed by atoms with Crippen LogP contribution in [0.5, 0.6) is 5.75 Å². The summed E-state index contributed by atoms with van der Waals surface area (Å²) in [5.74, 6) is -0.00816. The van der Waals surface area contributed by atoms with E-state index in [4.69, 9.17) is 4.74 Å². The van der Waals surface area contributed by atoms with E-state index in [-0.39, 0.29) is 28.7 Å². The van der Waals surface area contributed by atoms with Gasteiger partial charge in [-0.25, -0.2) is 9.07 Å². The molecule has 1 aromatic carbocycles. The number of hydrogen-bond acceptors (Lipinski definition) is 4. The summed E-state index contributed by atoms with van der Waals surface area (Å²) in [5.41, 5.74) is 0.618. The molecule has 0 radical (unpaired) electrons. The first-order valence-corrected chi connectivity index (χ1v) is 9.96. The Morgan fingerprint density at radius 2 is 1.76 bits per heavy atom. The maximum Gasteiger partial charge on any atom is 0.267 e. The van der Waals surface area contributed by atoms with E-state index in [2.05, 4.69) is 25.9 Å². The molecule has 1 saturated heterocycles. The lowest BCUT2D eigenvalue weighted by molar-refractivity contribution is -0.139. The topological polar surface area (TPSA) is 64.4 Å². The lowest BCUT2D eigenvalue weighted by Gasteiger charge is -2.34. The molecule has 0 N–H and O–H groups in total. The number of halogens is 1. The number of likely N-dealkylation sites (tertiary alicyclic amines) is 1. The third-order valence-corrected chi connectivity index (χ3v) is 5.19. The van der Waals surface area contributed by atoms with Gasteiger partial charge in [-0.3, -0.25) is 9.59 Å². The van der Waals surface area contributed by atoms with Gasteiger partial charge in [0.05, 0.1) is 11.7 Å². The van der Waals surface area contributed by atoms with Crippen LogP contribution in [0.2, 0.25) is 0 Å². The Hall–Kier alpha value is -2.70. The first kappa shape index (κ1) is 21.0. The van der Waals surface area contributed by atoms with Crippen LogP contribution >= 0.6 is 0 Å². The molecule has 1 aliphatic heterocycles. The zero-order valence-corrected chi connectivity index (χ0v) is 17.4. The summed E-state index contributed by atoms with van der Waals surface area (Å²) in [7, 11) is 0. The molecule has 1 unspecified atom stereocenters. The summed E-state index contributed by atoms with van der Waals surface area (Å²) in [6.45, 7) is 8.95. The Morgan fingerprint density at radius 1 is 1.14 bits per heavy atom. The van der Waals surface area contributed by atoms with Crippen LogP contribution in [0.4, 0.5) is 4.39 Å². The highest BCUT2D eigenvalue weighted by Gasteiger charge is 2.29. The van der Waals surface area contributed by atoms with E-state index in [9.17, 15) is 14.0 Å². The Morgan fingerprint density at radius 3 is 2.34 bits per heavy atom. The van der Waals surface area contributed by atoms with E-state index in [0.29, 0.717) is 31.7 Å². The Kier molecular flexibility index (Phi) is 6.05. The number of hydrogen-bond donors (Lipinski definition) is 0. The summed E-state index contributed by atoms with van der Waals surface area (Å²) in [4.78, 5) is 26.8. The molecule has 1 aliphatic rings. The Bertz CT molecular complexity index is 910. The average Bonchev–Trinajstić information content (AvgIpc) is 2.69. The summed E-state index contributed by atoms with van der Waals surface area (Å²) in [6, 6.07) is 8.94. The number of rotatable bonds is 4. The van der Waals surface area contributed by atoms with Gasteiger partial charge in [0.2, 0.25) is 0 Å². The van der Waals surface area contributed by atoms with E-state index in [1.165, 1.54) is 24.3 Å². The molecule has 2 heterocycles. The van der Waals surface area contributed by atoms with Gasteiger partial charge >= 0.3 is 0 Å². The molecular formula is C22H28FN3O3. The van der Waals surface area contributed by atoms with Gasteiger partial charge in [-0.2, -0.15) is 5.10 Å². The minimum absolute atomic E-state index is 0.0258. The predicted molar refractivity (Wildman–Crippen MR) is 109 cm³/mol. The van der Waals surface area contributed by atoms with Crippen molar-refractivity contribution in [3.63, 3.8) is 0 Å². The molecule has 1 amide bonds. The molecule has 7 heteroatoms. The maximum absolute atomic E-state index is 13.0. The molecule has 29 heavy (non-hydrogen) atoms. The predicted octanol–water partition coefficient (Wildman–Crippen LogP) is 3.31. The lowest BCUT2D eigenvalue weighted by Crippen LogP contribution is -2.46. The number of piperidine rings is 1. The fourth-order valence-electron chi connectivity index (χ4n) is 3.44. The second-order valence-electron chi connectivity index (χ2n) is 8.52. The molecule has 2 aromatic rings. The highest BCUT2D eigenvalue weighted by Crippen LogP contribution is 2.24. The van der Waals surface area contributed by atoms with E-state index >= 15 is 0 Å². The van der Waals surface area contributed by atoms with Crippen molar-refractivity contribution in [2.24, 2.45) is 0 Å². The van der Waals surface area contributed by atoms with Crippen LogP contribution in [-0.2, 0) is 10.2 Å². The highest BCUT2D eigenvalue weighted by molar-refractivity contribution is 5.81. The molecule has 0 aliphatic carbocycles. The third kappa shape index (κ3) is 5.02. The van der Waals surface area contributed by atoms with E-state index < -0.39 is 6.10 Å². The molecule has 0 saturated carbocycles. The minimum Gasteiger partial charge on any atom is -0.481 e. The van der Waals surface area contributed by atoms with Crippen LogP contribution in [0.3, 0.4) is 0 Å². The standard InChI is InChI=1S/C22H28FN3O3/c1-15(29-18-7-5-16(23)6-8-18)21(28)25-13-11-17(12-14-25)26-20(27)10-9-19(24-26)22(2,3)4/h5-10,15,17H,11-14H2,1-4H3. The third-order valence-electron chi connectivity index (χ3n) is 5.19. The average molecular weight is 401 g/mol. The molecule has 1 atom stereocenters. The highest BCUT2D eigenvalue weighted by atomic mass is 19.1. The quantitative estimate of drug-likeness (QED) is 0.789. The zero-order valence-electron chi connectivity index (χ0n) is 17.4. The van der Waals surface area contributed by atoms with Gasteiger partial charge in [-0.1, -0.05) is 20.8 Å². The summed E-state index contributed by atoms with van der Waals surface area (Å²) in [5, 5.41) is 4.58. The summed E-state index contributed by atoms with van der Waals surface area (Å²) in [6.07, 6.45) is 0.660. The molecule has 1 fully saturated rings. The van der Waals surface area contributed by atoms with Crippen LogP contribution in [0.25, 0.3) is 0 Å². The molecule has 156 valence electrons. The van der Waals surface area contributed by atoms with Crippen LogP contribution in [-0.4, -0.2) is 39.8 Å². The molecule has 0 spiro atoms. The minimum atomic E-state index is -0.665. The normalized spacial score (nSPS) is 16.5. The van der Waals surface area contributed by atoms with Crippen molar-refractivity contribution in [3.05, 3.63) is 58.3 Å². The van der Waals surface area contributed by atoms with Crippen LogP contribution in [0, 0.1) is 5.82 Å². The molecule has 0 bridgehead atoms. The number of nitrogens with zero attached hydrogens (tertiary/aromatic N) is 3. The van der Waals surface area contributed by atoms with Gasteiger partial charge < -0.3 is 9.64 Å². The van der Waals surface area contributed by atoms with Gasteiger partial charge in [0.25, 0.3) is 11.5 Å². The molecule has 3 rings (SSSR count). The fraction of sp³-hybridized carbons (Fsp3) is 0.500. The van der Waals surface area contributed by atoms with Gasteiger partial charge in [-0.15, -0.1) is 0 Å². The number of aromatic nitrogens is 2. The number of benzene rings is 1. The number of ether oxygens (including phenoxy) is 1. The lowest BCUT2D eigenvalue weighted by atomic mass is 9.92. The second-order valence-corrected chi connectivity index (χ2v) is 8.52. The van der Waals surface area contributed by atoms with Crippen molar-refractivity contribution in [3.8, 4) is 5.75 Å². The molecular weight excluding hydrogens is 373 g/mol. The Labute approximate surface area is 170 Å². The monoisotopic (exact) mass is 401 g/mol. The van der Waals surface area contributed by atoms with Crippen molar-refractivity contribution in [1.29, 1.82) is 0 Å². The van der Waals surface area contributed by atoms with Crippen molar-refractivity contribution in [2.45, 2.75) is 58.1 Å². The number of carbonyl (C=O) groups is 1. The number of carbonyl (C=O) groups excluding carboxylic acids is 1. The zero-order chi connectivity index (χ0) is 21.2. The first-order chi connectivity index (χ1) is 13.6. The van der Waals surface area contributed by atoms with Crippen LogP contribution in [0.15, 0.2) is 41.2 Å². The van der Waals surface area contributed by atoms with Gasteiger partial charge in [0.1, 0.15) is 11.6 Å². The molecule has 1 aromatic heterocycles. The smallest absolute Gasteiger partial charge is 0.267 e. The van der Waals surface area contributed by atoms with Gasteiger partial charge in [-0.05, 0) is 50.1 Å². The molecule has 6 nitrogen and oxygen atoms in total. The first-order valence-electron chi connectivity index (χ1n) is 9.96. The van der Waals surface area contributed by atoms with Crippen molar-refractivity contribution in [1.82, 2.24) is 14.7 Å². The number of amides is 1. The van der Waals surface area contributed by atoms with E-state index in [0.717, 1.165) is 5.69 Å². The van der Waals surface area contributed by atoms with Crippen LogP contribution in [0.1, 0.15) is 52.3 Å². The summed E-state index contributed by atoms with van der Waals surface area (Å²) < 4.78 is 20.2. The van der Waals surface area contributed by atoms with Crippen LogP contribution < -0.4 is 10.3 Å². The van der Waals surface area contributed by atoms with Gasteiger partial charge in [0.15, 0.2) is 6.10 Å². The largest absolute Gasteiger partial charge is 0.481 e. The Balaban J connectivity index is 1.62. The summed E-state index contributed by atoms with van der Waals surface area (Å²) >= 11 is 0. The van der Waals surface area contributed by atoms with Crippen molar-refractivity contribution in [2.75, 3.05) is 13.1 Å².